The van der Waals surface area contributed by atoms with Crippen LogP contribution in [0.1, 0.15) is 19.4 Å². The molecule has 2 N–H and O–H groups in total. The van der Waals surface area contributed by atoms with Crippen LogP contribution < -0.4 is 15.4 Å². The van der Waals surface area contributed by atoms with Crippen molar-refractivity contribution in [3.05, 3.63) is 48.0 Å². The third-order valence-electron chi connectivity index (χ3n) is 4.87. The molecule has 0 atom stereocenters. The maximum Gasteiger partial charge on any atom is 0.243 e. The molecule has 3 aromatic rings. The van der Waals surface area contributed by atoms with Gasteiger partial charge >= 0.3 is 0 Å². The lowest BCUT2D eigenvalue weighted by Gasteiger charge is -2.20. The Kier molecular flexibility index (Phi) is 8.89. The zero-order chi connectivity index (χ0) is 24.7. The van der Waals surface area contributed by atoms with Gasteiger partial charge in [0, 0.05) is 24.5 Å². The molecule has 3 rings (SSSR count). The van der Waals surface area contributed by atoms with Crippen molar-refractivity contribution < 1.29 is 17.9 Å². The smallest absolute Gasteiger partial charge is 0.243 e. The Morgan fingerprint density at radius 2 is 1.76 bits per heavy atom. The highest BCUT2D eigenvalue weighted by Crippen LogP contribution is 2.29. The number of methoxy groups -OCH3 is 1. The average Bonchev–Trinajstić information content (AvgIpc) is 3.27. The van der Waals surface area contributed by atoms with Crippen molar-refractivity contribution in [2.45, 2.75) is 30.0 Å². The number of hydrogen-bond donors (Lipinski definition) is 2. The maximum atomic E-state index is 12.9. The number of hydrogen-bond acceptors (Lipinski definition) is 9. The van der Waals surface area contributed by atoms with Crippen LogP contribution in [-0.4, -0.2) is 54.8 Å². The number of amides is 1. The third-order valence-corrected chi connectivity index (χ3v) is 9.03. The van der Waals surface area contributed by atoms with Crippen molar-refractivity contribution in [2.24, 2.45) is 0 Å². The second-order valence-electron chi connectivity index (χ2n) is 7.13. The second kappa shape index (κ2) is 11.6. The van der Waals surface area contributed by atoms with E-state index in [1.807, 2.05) is 24.3 Å². The van der Waals surface area contributed by atoms with Crippen LogP contribution in [0.3, 0.4) is 0 Å². The minimum Gasteiger partial charge on any atom is -0.497 e. The molecule has 0 fully saturated rings. The SMILES string of the molecule is CCN(CC)S(=O)(=O)c1cc(NC(=O)CSc2nnc(Nc3ccc(OC)cc3)s2)ccc1C. The molecule has 0 bridgehead atoms. The van der Waals surface area contributed by atoms with Crippen LogP contribution in [0, 0.1) is 6.92 Å². The van der Waals surface area contributed by atoms with Crippen molar-refractivity contribution >= 4 is 55.5 Å². The Bertz CT molecular complexity index is 1230. The van der Waals surface area contributed by atoms with Gasteiger partial charge in [0.15, 0.2) is 4.34 Å². The molecule has 34 heavy (non-hydrogen) atoms. The number of nitrogens with one attached hydrogen (secondary N) is 2. The molecule has 1 heterocycles. The van der Waals surface area contributed by atoms with Crippen LogP contribution in [0.25, 0.3) is 0 Å². The lowest BCUT2D eigenvalue weighted by Crippen LogP contribution is -2.31. The Morgan fingerprint density at radius 1 is 1.09 bits per heavy atom. The normalized spacial score (nSPS) is 11.4. The van der Waals surface area contributed by atoms with E-state index in [9.17, 15) is 13.2 Å². The molecule has 1 amide bonds. The number of aromatic nitrogens is 2. The number of benzene rings is 2. The summed E-state index contributed by atoms with van der Waals surface area (Å²) >= 11 is 2.59. The van der Waals surface area contributed by atoms with Crippen molar-refractivity contribution in [3.8, 4) is 5.75 Å². The zero-order valence-corrected chi connectivity index (χ0v) is 21.8. The monoisotopic (exact) mass is 521 g/mol. The second-order valence-corrected chi connectivity index (χ2v) is 11.2. The van der Waals surface area contributed by atoms with E-state index in [1.165, 1.54) is 33.5 Å². The van der Waals surface area contributed by atoms with Crippen LogP contribution in [0.5, 0.6) is 5.75 Å². The van der Waals surface area contributed by atoms with E-state index in [2.05, 4.69) is 20.8 Å². The van der Waals surface area contributed by atoms with Crippen LogP contribution >= 0.6 is 23.1 Å². The number of aryl methyl sites for hydroxylation is 1. The van der Waals surface area contributed by atoms with Gasteiger partial charge in [-0.05, 0) is 48.9 Å². The molecule has 12 heteroatoms. The molecule has 0 spiro atoms. The molecule has 0 saturated carbocycles. The molecule has 182 valence electrons. The number of carbonyl (C=O) groups excluding carboxylic acids is 1. The number of sulfonamides is 1. The van der Waals surface area contributed by atoms with Gasteiger partial charge in [-0.2, -0.15) is 4.31 Å². The minimum absolute atomic E-state index is 0.114. The topological polar surface area (TPSA) is 114 Å². The summed E-state index contributed by atoms with van der Waals surface area (Å²) in [6, 6.07) is 12.3. The molecule has 0 aliphatic rings. The zero-order valence-electron chi connectivity index (χ0n) is 19.4. The highest BCUT2D eigenvalue weighted by atomic mass is 32.2. The van der Waals surface area contributed by atoms with Crippen molar-refractivity contribution in [1.82, 2.24) is 14.5 Å². The van der Waals surface area contributed by atoms with Gasteiger partial charge in [-0.3, -0.25) is 4.79 Å². The summed E-state index contributed by atoms with van der Waals surface area (Å²) in [6.07, 6.45) is 0. The molecule has 1 aromatic heterocycles. The molecule has 0 aliphatic carbocycles. The Hall–Kier alpha value is -2.67. The summed E-state index contributed by atoms with van der Waals surface area (Å²) in [6.45, 7) is 6.09. The van der Waals surface area contributed by atoms with E-state index in [1.54, 1.807) is 40.0 Å². The van der Waals surface area contributed by atoms with Crippen LogP contribution in [0.15, 0.2) is 51.7 Å². The van der Waals surface area contributed by atoms with E-state index < -0.39 is 10.0 Å². The summed E-state index contributed by atoms with van der Waals surface area (Å²) < 4.78 is 33.0. The van der Waals surface area contributed by atoms with E-state index in [0.29, 0.717) is 33.8 Å². The number of anilines is 3. The fourth-order valence-electron chi connectivity index (χ4n) is 3.10. The summed E-state index contributed by atoms with van der Waals surface area (Å²) in [5, 5.41) is 14.7. The molecule has 0 saturated heterocycles. The van der Waals surface area contributed by atoms with Gasteiger partial charge in [-0.25, -0.2) is 8.42 Å². The maximum absolute atomic E-state index is 12.9. The Balaban J connectivity index is 1.59. The van der Waals surface area contributed by atoms with Crippen LogP contribution in [0.4, 0.5) is 16.5 Å². The molecule has 0 radical (unpaired) electrons. The van der Waals surface area contributed by atoms with E-state index in [0.717, 1.165) is 11.4 Å². The molecule has 0 aliphatic heterocycles. The lowest BCUT2D eigenvalue weighted by atomic mass is 10.2. The van der Waals surface area contributed by atoms with E-state index in [4.69, 9.17) is 4.74 Å². The van der Waals surface area contributed by atoms with Gasteiger partial charge < -0.3 is 15.4 Å². The summed E-state index contributed by atoms with van der Waals surface area (Å²) in [4.78, 5) is 12.7. The lowest BCUT2D eigenvalue weighted by molar-refractivity contribution is -0.113. The number of ether oxygens (including phenoxy) is 1. The van der Waals surface area contributed by atoms with Crippen molar-refractivity contribution in [1.29, 1.82) is 0 Å². The molecule has 0 unspecified atom stereocenters. The van der Waals surface area contributed by atoms with Crippen LogP contribution in [0.2, 0.25) is 0 Å². The van der Waals surface area contributed by atoms with Crippen molar-refractivity contribution in [2.75, 3.05) is 36.6 Å². The van der Waals surface area contributed by atoms with E-state index >= 15 is 0 Å². The predicted molar refractivity (Wildman–Crippen MR) is 137 cm³/mol. The summed E-state index contributed by atoms with van der Waals surface area (Å²) in [7, 11) is -2.02. The molecular weight excluding hydrogens is 494 g/mol. The van der Waals surface area contributed by atoms with Crippen molar-refractivity contribution in [3.63, 3.8) is 0 Å². The molecular formula is C22H27N5O4S3. The first kappa shape index (κ1) is 25.9. The number of rotatable bonds is 11. The third kappa shape index (κ3) is 6.47. The van der Waals surface area contributed by atoms with Gasteiger partial charge in [-0.15, -0.1) is 10.2 Å². The van der Waals surface area contributed by atoms with Gasteiger partial charge in [0.05, 0.1) is 17.8 Å². The van der Waals surface area contributed by atoms with Gasteiger partial charge in [-0.1, -0.05) is 43.0 Å². The van der Waals surface area contributed by atoms with Crippen LogP contribution in [-0.2, 0) is 14.8 Å². The first-order valence-corrected chi connectivity index (χ1v) is 13.8. The highest BCUT2D eigenvalue weighted by Gasteiger charge is 2.24. The van der Waals surface area contributed by atoms with E-state index in [-0.39, 0.29) is 16.6 Å². The number of thioether (sulfide) groups is 1. The molecule has 2 aromatic carbocycles. The largest absolute Gasteiger partial charge is 0.497 e. The molecule has 9 nitrogen and oxygen atoms in total. The first-order valence-electron chi connectivity index (χ1n) is 10.5. The van der Waals surface area contributed by atoms with Gasteiger partial charge in [0.2, 0.25) is 21.1 Å². The Morgan fingerprint density at radius 3 is 2.41 bits per heavy atom. The first-order chi connectivity index (χ1) is 16.3. The fraction of sp³-hybridized carbons (Fsp3) is 0.318. The Labute approximate surface area is 208 Å². The van der Waals surface area contributed by atoms with Gasteiger partial charge in [0.25, 0.3) is 0 Å². The summed E-state index contributed by atoms with van der Waals surface area (Å²) in [5.74, 6) is 0.611. The summed E-state index contributed by atoms with van der Waals surface area (Å²) in [5.41, 5.74) is 1.91. The minimum atomic E-state index is -3.63. The standard InChI is InChI=1S/C22H27N5O4S3/c1-5-27(6-2)34(29,30)19-13-17(8-7-15(19)3)23-20(28)14-32-22-26-25-21(33-22)24-16-9-11-18(31-4)12-10-16/h7-13H,5-6,14H2,1-4H3,(H,23,28)(H,24,25). The quantitative estimate of drug-likeness (QED) is 0.358. The highest BCUT2D eigenvalue weighted by molar-refractivity contribution is 8.01. The van der Waals surface area contributed by atoms with Gasteiger partial charge in [0.1, 0.15) is 5.75 Å². The average molecular weight is 522 g/mol. The number of nitrogens with zero attached hydrogens (tertiary/aromatic N) is 3. The number of carbonyl (C=O) groups is 1. The fourth-order valence-corrected chi connectivity index (χ4v) is 6.38. The predicted octanol–water partition coefficient (Wildman–Crippen LogP) is 4.36.